The summed E-state index contributed by atoms with van der Waals surface area (Å²) in [6.45, 7) is -1.95. The van der Waals surface area contributed by atoms with Crippen molar-refractivity contribution in [1.29, 1.82) is 0 Å². The van der Waals surface area contributed by atoms with Crippen LogP contribution in [0.3, 0.4) is 0 Å². The molecule has 3 aliphatic carbocycles. The molecule has 5 atom stereocenters. The van der Waals surface area contributed by atoms with E-state index in [-0.39, 0.29) is 39.5 Å². The van der Waals surface area contributed by atoms with Crippen LogP contribution in [-0.2, 0) is 33.7 Å². The number of rotatable bonds is 12. The summed E-state index contributed by atoms with van der Waals surface area (Å²) in [6, 6.07) is 1.84. The number of hydrazine groups is 1. The number of amides is 1. The monoisotopic (exact) mass is 919 g/mol. The maximum atomic E-state index is 15.5. The second-order valence-electron chi connectivity index (χ2n) is 15.1. The number of fused-ring (bicyclic) bond motifs is 5. The van der Waals surface area contributed by atoms with Crippen molar-refractivity contribution in [2.45, 2.75) is 62.3 Å². The van der Waals surface area contributed by atoms with Gasteiger partial charge in [0.2, 0.25) is 11.8 Å². The molecule has 2 unspecified atom stereocenters. The molecule has 0 spiro atoms. The molecule has 1 aliphatic heterocycles. The van der Waals surface area contributed by atoms with Gasteiger partial charge in [-0.1, -0.05) is 11.6 Å². The SMILES string of the molecule is CN1N/C(=N\S(C)(=O)=O)C2C(Cl)=CC=C(n3c([C@H](Cc4cc(F)cc(F)c4)NC(=O)Cn4nc(C(F)F)c5c4C(F)(F)[C@@H]4C[C@H]54)nc4nc(OCCC(F)(F)F)ccc4c3=O)C21. The van der Waals surface area contributed by atoms with Crippen LogP contribution in [0, 0.1) is 23.5 Å². The molecule has 62 heavy (non-hydrogen) atoms. The Hall–Kier alpha value is -5.49. The highest BCUT2D eigenvalue weighted by Gasteiger charge is 2.67. The molecule has 1 saturated heterocycles. The van der Waals surface area contributed by atoms with Gasteiger partial charge in [-0.2, -0.15) is 32.0 Å². The van der Waals surface area contributed by atoms with E-state index < -0.39 is 136 Å². The van der Waals surface area contributed by atoms with E-state index in [2.05, 4.69) is 30.2 Å². The number of benzene rings is 1. The van der Waals surface area contributed by atoms with Gasteiger partial charge in [0.1, 0.15) is 41.2 Å². The molecule has 2 N–H and O–H groups in total. The third-order valence-electron chi connectivity index (χ3n) is 10.7. The van der Waals surface area contributed by atoms with Crippen molar-refractivity contribution in [2.75, 3.05) is 19.9 Å². The quantitative estimate of drug-likeness (QED) is 0.171. The number of alkyl halides is 7. The van der Waals surface area contributed by atoms with Crippen molar-refractivity contribution in [3.63, 3.8) is 0 Å². The summed E-state index contributed by atoms with van der Waals surface area (Å²) >= 11 is 6.60. The molecule has 4 aliphatic rings. The van der Waals surface area contributed by atoms with Crippen LogP contribution in [0.2, 0.25) is 0 Å². The Kier molecular flexibility index (Phi) is 10.7. The molecule has 0 radical (unpaired) electrons. The minimum absolute atomic E-state index is 0.00279. The van der Waals surface area contributed by atoms with Gasteiger partial charge in [0, 0.05) is 47.8 Å². The minimum atomic E-state index is -4.59. The molecule has 4 aromatic rings. The molecule has 25 heteroatoms. The summed E-state index contributed by atoms with van der Waals surface area (Å²) in [4.78, 5) is 37.4. The molecule has 1 saturated carbocycles. The van der Waals surface area contributed by atoms with Gasteiger partial charge in [0.15, 0.2) is 5.65 Å². The van der Waals surface area contributed by atoms with Crippen molar-refractivity contribution in [2.24, 2.45) is 16.2 Å². The maximum Gasteiger partial charge on any atom is 0.392 e. The second kappa shape index (κ2) is 15.4. The van der Waals surface area contributed by atoms with E-state index in [4.69, 9.17) is 16.3 Å². The predicted octanol–water partition coefficient (Wildman–Crippen LogP) is 5.61. The van der Waals surface area contributed by atoms with Crippen LogP contribution in [0.25, 0.3) is 16.7 Å². The van der Waals surface area contributed by atoms with Crippen LogP contribution >= 0.6 is 11.6 Å². The number of ether oxygens (including phenoxy) is 1. The van der Waals surface area contributed by atoms with Gasteiger partial charge in [-0.05, 0) is 48.3 Å². The highest BCUT2D eigenvalue weighted by Crippen LogP contribution is 2.68. The molecule has 4 heterocycles. The Morgan fingerprint density at radius 3 is 2.50 bits per heavy atom. The van der Waals surface area contributed by atoms with Crippen molar-refractivity contribution >= 4 is 50.1 Å². The number of halogens is 10. The van der Waals surface area contributed by atoms with Gasteiger partial charge >= 0.3 is 6.18 Å². The number of likely N-dealkylation sites (N-methyl/N-ethyl adjacent to an activating group) is 1. The number of amidine groups is 1. The van der Waals surface area contributed by atoms with Crippen LogP contribution in [-0.4, -0.2) is 81.6 Å². The lowest BCUT2D eigenvalue weighted by atomic mass is 9.91. The highest BCUT2D eigenvalue weighted by molar-refractivity contribution is 7.89. The summed E-state index contributed by atoms with van der Waals surface area (Å²) in [5.41, 5.74) is -0.843. The zero-order valence-corrected chi connectivity index (χ0v) is 33.5. The van der Waals surface area contributed by atoms with Crippen molar-refractivity contribution in [1.82, 2.24) is 40.1 Å². The number of carbonyl (C=O) groups excluding carboxylic acids is 1. The van der Waals surface area contributed by atoms with Gasteiger partial charge in [-0.3, -0.25) is 18.8 Å². The lowest BCUT2D eigenvalue weighted by Gasteiger charge is -2.31. The summed E-state index contributed by atoms with van der Waals surface area (Å²) in [6.07, 6.45) is -6.35. The van der Waals surface area contributed by atoms with E-state index in [0.717, 1.165) is 35.1 Å². The minimum Gasteiger partial charge on any atom is -0.477 e. The highest BCUT2D eigenvalue weighted by atomic mass is 35.5. The van der Waals surface area contributed by atoms with Crippen LogP contribution in [0.5, 0.6) is 5.88 Å². The van der Waals surface area contributed by atoms with E-state index in [0.29, 0.717) is 10.7 Å². The van der Waals surface area contributed by atoms with E-state index in [1.54, 1.807) is 0 Å². The number of nitrogens with zero attached hydrogens (tertiary/aromatic N) is 7. The number of nitrogens with one attached hydrogen (secondary N) is 2. The standard InChI is InChI=1S/C37H31ClF9N9O5S/c1-54-29-23(5-4-21(38)27(29)33(52-54)53-62(2,59)60)56-34(50-32-18(35(56)58)3-6-25(49-32)61-8-7-36(43,44)45)22(11-15-9-16(39)12-17(40)10-15)48-24(57)14-55-30-26(28(51-55)31(41)42)19-13-20(19)37(30,46)47/h3-6,9-10,12,19-20,22,27,29,31H,7-8,11,13-14H2,1-2H3,(H,48,57)(H,52,53)/t19-,20+,22-,27?,29?/m0/s1. The molecule has 330 valence electrons. The molecule has 0 bridgehead atoms. The van der Waals surface area contributed by atoms with Gasteiger partial charge < -0.3 is 15.5 Å². The maximum absolute atomic E-state index is 15.5. The second-order valence-corrected chi connectivity index (χ2v) is 17.2. The number of carbonyl (C=O) groups is 1. The summed E-state index contributed by atoms with van der Waals surface area (Å²) < 4.78 is 162. The Balaban J connectivity index is 1.28. The van der Waals surface area contributed by atoms with E-state index in [1.165, 1.54) is 24.2 Å². The molecular formula is C37H31ClF9N9O5S. The first-order chi connectivity index (χ1) is 29.0. The van der Waals surface area contributed by atoms with E-state index in [9.17, 15) is 48.7 Å². The van der Waals surface area contributed by atoms with Gasteiger partial charge in [-0.25, -0.2) is 36.0 Å². The number of pyridine rings is 1. The number of allylic oxidation sites excluding steroid dienone is 2. The molecular weight excluding hydrogens is 889 g/mol. The summed E-state index contributed by atoms with van der Waals surface area (Å²) in [5, 5.41) is 7.37. The Labute approximate surface area is 349 Å². The van der Waals surface area contributed by atoms with Crippen molar-refractivity contribution in [3.8, 4) is 5.88 Å². The largest absolute Gasteiger partial charge is 0.477 e. The lowest BCUT2D eigenvalue weighted by molar-refractivity contribution is -0.139. The van der Waals surface area contributed by atoms with Gasteiger partial charge in [0.05, 0.1) is 42.7 Å². The van der Waals surface area contributed by atoms with Crippen molar-refractivity contribution < 1.29 is 57.5 Å². The van der Waals surface area contributed by atoms with Crippen LogP contribution in [0.4, 0.5) is 39.5 Å². The zero-order chi connectivity index (χ0) is 44.8. The topological polar surface area (TPSA) is 166 Å². The van der Waals surface area contributed by atoms with Crippen LogP contribution in [0.1, 0.15) is 59.6 Å². The molecule has 2 fully saturated rings. The summed E-state index contributed by atoms with van der Waals surface area (Å²) in [7, 11) is -2.58. The third-order valence-corrected chi connectivity index (χ3v) is 11.6. The molecule has 8 rings (SSSR count). The summed E-state index contributed by atoms with van der Waals surface area (Å²) in [5.74, 6) is -11.1. The van der Waals surface area contributed by atoms with E-state index in [1.807, 2.05) is 0 Å². The first kappa shape index (κ1) is 43.2. The first-order valence-corrected chi connectivity index (χ1v) is 20.7. The average Bonchev–Trinajstić information content (AvgIpc) is 3.69. The first-order valence-electron chi connectivity index (χ1n) is 18.5. The van der Waals surface area contributed by atoms with E-state index >= 15 is 8.78 Å². The fraction of sp³-hybridized carbons (Fsp3) is 0.405. The Morgan fingerprint density at radius 2 is 1.84 bits per heavy atom. The fourth-order valence-corrected chi connectivity index (χ4v) is 9.00. The predicted molar refractivity (Wildman–Crippen MR) is 202 cm³/mol. The number of hydrogen-bond donors (Lipinski definition) is 2. The molecule has 1 aromatic carbocycles. The number of sulfonamides is 1. The van der Waals surface area contributed by atoms with Crippen LogP contribution < -0.4 is 21.0 Å². The van der Waals surface area contributed by atoms with Gasteiger partial charge in [-0.15, -0.1) is 4.40 Å². The zero-order valence-electron chi connectivity index (χ0n) is 31.9. The Bertz CT molecular complexity index is 2770. The van der Waals surface area contributed by atoms with Crippen LogP contribution in [0.15, 0.2) is 56.7 Å². The molecule has 14 nitrogen and oxygen atoms in total. The normalized spacial score (nSPS) is 22.8. The molecule has 1 amide bonds. The van der Waals surface area contributed by atoms with Crippen molar-refractivity contribution in [3.05, 3.63) is 97.8 Å². The van der Waals surface area contributed by atoms with Gasteiger partial charge in [0.25, 0.3) is 27.9 Å². The Morgan fingerprint density at radius 1 is 1.13 bits per heavy atom. The lowest BCUT2D eigenvalue weighted by Crippen LogP contribution is -2.43. The average molecular weight is 920 g/mol. The smallest absolute Gasteiger partial charge is 0.392 e. The number of hydrogen-bond acceptors (Lipinski definition) is 9. The third kappa shape index (κ3) is 8.14. The fourth-order valence-electron chi connectivity index (χ4n) is 8.20. The number of aromatic nitrogens is 5. The molecule has 3 aromatic heterocycles.